The van der Waals surface area contributed by atoms with Gasteiger partial charge in [0.2, 0.25) is 0 Å². The molecular weight excluding hydrogens is 793 g/mol. The van der Waals surface area contributed by atoms with E-state index in [0.29, 0.717) is 0 Å². The topological polar surface area (TPSA) is 382 Å². The number of hydrogen-bond acceptors (Lipinski definition) is 21. The zero-order chi connectivity index (χ0) is 25.5. The summed E-state index contributed by atoms with van der Waals surface area (Å²) in [6, 6.07) is 0. The zero-order valence-corrected chi connectivity index (χ0v) is 48.8. The van der Waals surface area contributed by atoms with E-state index in [2.05, 4.69) is 22.6 Å². The van der Waals surface area contributed by atoms with Gasteiger partial charge in [0.1, 0.15) is 36.6 Å². The molecule has 1 aliphatic carbocycles. The number of phosphoric ester groups is 5. The quantitative estimate of drug-likeness (QED) is 0.158. The van der Waals surface area contributed by atoms with Crippen LogP contribution in [0.1, 0.15) is 0 Å². The van der Waals surface area contributed by atoms with Crippen LogP contribution in [0.2, 0.25) is 0 Å². The fourth-order valence-electron chi connectivity index (χ4n) is 2.49. The molecule has 1 N–H and O–H groups in total. The molecule has 42 heavy (non-hydrogen) atoms. The molecule has 0 aromatic carbocycles. The largest absolute Gasteiger partial charge is 1.00 e. The van der Waals surface area contributed by atoms with E-state index in [1.54, 1.807) is 0 Å². The molecule has 0 amide bonds. The van der Waals surface area contributed by atoms with Gasteiger partial charge in [-0.1, -0.05) is 0 Å². The summed E-state index contributed by atoms with van der Waals surface area (Å²) in [5, 5.41) is 10.0. The number of aliphatic hydroxyl groups excluding tert-OH is 1. The Bertz CT molecular complexity index is 858. The van der Waals surface area contributed by atoms with E-state index in [4.69, 9.17) is 0 Å². The van der Waals surface area contributed by atoms with Gasteiger partial charge in [0, 0.05) is 0 Å². The summed E-state index contributed by atoms with van der Waals surface area (Å²) in [4.78, 5) is 109. The first kappa shape index (κ1) is 77.1. The van der Waals surface area contributed by atoms with Crippen molar-refractivity contribution < 1.29 is 395 Å². The van der Waals surface area contributed by atoms with Crippen LogP contribution in [0.5, 0.6) is 0 Å². The van der Waals surface area contributed by atoms with Crippen molar-refractivity contribution in [2.75, 3.05) is 0 Å². The summed E-state index contributed by atoms with van der Waals surface area (Å²) in [6.07, 6.45) is -19.5. The molecule has 1 aliphatic rings. The minimum Gasteiger partial charge on any atom is -0.790 e. The molecule has 36 heteroatoms. The van der Waals surface area contributed by atoms with Gasteiger partial charge >= 0.3 is 296 Å². The van der Waals surface area contributed by atoms with Crippen LogP contribution in [0.3, 0.4) is 0 Å². The second kappa shape index (κ2) is 32.6. The fourth-order valence-corrected chi connectivity index (χ4v) is 5.19. The predicted molar refractivity (Wildman–Crippen MR) is 68.4 cm³/mol. The molecule has 2 unspecified atom stereocenters. The first-order valence-electron chi connectivity index (χ1n) is 7.09. The van der Waals surface area contributed by atoms with E-state index >= 15 is 0 Å². The van der Waals surface area contributed by atoms with E-state index < -0.39 is 75.7 Å². The molecule has 192 valence electrons. The summed E-state index contributed by atoms with van der Waals surface area (Å²) in [5.41, 5.74) is 0. The number of hydrogen-bond donors (Lipinski definition) is 1. The molecule has 0 saturated heterocycles. The van der Waals surface area contributed by atoms with Crippen LogP contribution >= 0.6 is 39.1 Å². The van der Waals surface area contributed by atoms with Crippen LogP contribution in [0.25, 0.3) is 0 Å². The average Bonchev–Trinajstić information content (AvgIpc) is 2.45. The van der Waals surface area contributed by atoms with Crippen LogP contribution in [-0.2, 0) is 45.4 Å². The van der Waals surface area contributed by atoms with E-state index in [1.165, 1.54) is 0 Å². The third kappa shape index (κ3) is 35.0. The predicted octanol–water partition coefficient (Wildman–Crippen LogP) is -39.5. The van der Waals surface area contributed by atoms with Crippen molar-refractivity contribution in [3.8, 4) is 0 Å². The van der Waals surface area contributed by atoms with Gasteiger partial charge in [-0.25, -0.2) is 0 Å². The van der Waals surface area contributed by atoms with Gasteiger partial charge in [-0.2, -0.15) is 0 Å². The minimum atomic E-state index is -6.51. The molecule has 0 aromatic heterocycles. The van der Waals surface area contributed by atoms with Crippen molar-refractivity contribution in [1.82, 2.24) is 0 Å². The second-order valence-electron chi connectivity index (χ2n) is 5.58. The van der Waals surface area contributed by atoms with Crippen molar-refractivity contribution >= 4 is 39.1 Å². The standard InChI is InChI=1S/C6H17O21P5.10Na/c7-1-2(23-28(8,9)10)4(25-30(14,15)16)6(27-32(20,21)22)5(26-31(17,18)19)3(1)24-29(11,12)13;;;;;;;;;;/h1-7H,(H2,8,9,10)(H2,11,12,13)(H2,14,15,16)(H2,17,18,19)(H2,20,21,22);;;;;;;;;;/q;10*+1/p-10/t1?,2-,3+,4-,5-,6?;;;;;;;;;;/m0........../s1. The Balaban J connectivity index is -0.000000128. The van der Waals surface area contributed by atoms with E-state index in [9.17, 15) is 76.9 Å². The molecule has 0 bridgehead atoms. The van der Waals surface area contributed by atoms with Crippen LogP contribution < -0.4 is 345 Å². The smallest absolute Gasteiger partial charge is 0.790 e. The van der Waals surface area contributed by atoms with Crippen molar-refractivity contribution in [2.24, 2.45) is 0 Å². The molecular formula is C6H7Na10O21P5. The van der Waals surface area contributed by atoms with Crippen molar-refractivity contribution in [3.63, 3.8) is 0 Å². The average molecular weight is 800 g/mol. The van der Waals surface area contributed by atoms with Gasteiger partial charge in [0.15, 0.2) is 0 Å². The third-order valence-electron chi connectivity index (χ3n) is 3.22. The summed E-state index contributed by atoms with van der Waals surface area (Å²) < 4.78 is 73.0. The molecule has 21 nitrogen and oxygen atoms in total. The van der Waals surface area contributed by atoms with E-state index in [1.807, 2.05) is 0 Å². The molecule has 1 fully saturated rings. The monoisotopic (exact) mass is 800 g/mol. The Morgan fingerprint density at radius 2 is 0.452 bits per heavy atom. The van der Waals surface area contributed by atoms with Gasteiger partial charge in [0.25, 0.3) is 0 Å². The van der Waals surface area contributed by atoms with Crippen molar-refractivity contribution in [1.29, 1.82) is 0 Å². The first-order chi connectivity index (χ1) is 13.9. The molecule has 0 heterocycles. The summed E-state index contributed by atoms with van der Waals surface area (Å²) >= 11 is 0. The third-order valence-corrected chi connectivity index (χ3v) is 5.73. The van der Waals surface area contributed by atoms with E-state index in [0.717, 1.165) is 0 Å². The maximum Gasteiger partial charge on any atom is 1.00 e. The number of rotatable bonds is 10. The molecule has 1 saturated carbocycles. The summed E-state index contributed by atoms with van der Waals surface area (Å²) in [7, 11) is -32.2. The van der Waals surface area contributed by atoms with Crippen LogP contribution in [0.15, 0.2) is 0 Å². The van der Waals surface area contributed by atoms with E-state index in [-0.39, 0.29) is 296 Å². The van der Waals surface area contributed by atoms with Gasteiger partial charge in [-0.15, -0.1) is 0 Å². The Hall–Kier alpha value is 10.5. The van der Waals surface area contributed by atoms with Gasteiger partial charge in [-0.05, 0) is 0 Å². The van der Waals surface area contributed by atoms with Gasteiger partial charge in [0.05, 0.1) is 39.1 Å². The van der Waals surface area contributed by atoms with Crippen molar-refractivity contribution in [3.05, 3.63) is 0 Å². The molecule has 0 spiro atoms. The fraction of sp³-hybridized carbons (Fsp3) is 1.00. The molecule has 0 aromatic rings. The number of phosphoric acid groups is 5. The molecule has 1 rings (SSSR count). The summed E-state index contributed by atoms with van der Waals surface area (Å²) in [6.45, 7) is 0. The normalized spacial score (nSPS) is 23.6. The molecule has 0 radical (unpaired) electrons. The Kier molecular flexibility index (Phi) is 59.8. The molecule has 0 aliphatic heterocycles. The Labute approximate surface area is 460 Å². The maximum atomic E-state index is 11.0. The Morgan fingerprint density at radius 1 is 0.333 bits per heavy atom. The van der Waals surface area contributed by atoms with Crippen LogP contribution in [0.4, 0.5) is 0 Å². The van der Waals surface area contributed by atoms with Gasteiger partial charge in [-0.3, -0.25) is 0 Å². The first-order valence-corrected chi connectivity index (χ1v) is 14.4. The second-order valence-corrected chi connectivity index (χ2v) is 11.1. The zero-order valence-electron chi connectivity index (χ0n) is 24.3. The van der Waals surface area contributed by atoms with Crippen molar-refractivity contribution in [2.45, 2.75) is 36.6 Å². The van der Waals surface area contributed by atoms with Gasteiger partial charge < -0.3 is 99.5 Å². The SMILES string of the molecule is O=P([O-])([O-])OC1[C@@H](OP(=O)([O-])[O-])[C@H](OP(=O)([O-])[O-])C(O)[C@H](OP(=O)([O-])[O-])[C@@H]1OP(=O)([O-])[O-].[Na+].[Na+].[Na+].[Na+].[Na+].[Na+].[Na+].[Na+].[Na+].[Na+]. The summed E-state index contributed by atoms with van der Waals surface area (Å²) in [5.74, 6) is 0. The Morgan fingerprint density at radius 3 is 0.595 bits per heavy atom. The molecule has 6 atom stereocenters. The number of aliphatic hydroxyl groups is 1. The van der Waals surface area contributed by atoms with Crippen LogP contribution in [-0.4, -0.2) is 41.7 Å². The minimum absolute atomic E-state index is 0. The maximum absolute atomic E-state index is 11.0. The van der Waals surface area contributed by atoms with Crippen LogP contribution in [0, 0.1) is 0 Å².